The molecule has 19 heavy (non-hydrogen) atoms. The largest absolute Gasteiger partial charge is 0.393 e. The number of hydrogen-bond donors (Lipinski definition) is 4. The third kappa shape index (κ3) is 9.44. The molecule has 1 amide bonds. The van der Waals surface area contributed by atoms with E-state index in [4.69, 9.17) is 12.2 Å². The summed E-state index contributed by atoms with van der Waals surface area (Å²) in [6.07, 6.45) is 2.34. The number of thiocarbonyl (C=S) groups is 1. The lowest BCUT2D eigenvalue weighted by Gasteiger charge is -2.20. The van der Waals surface area contributed by atoms with Crippen LogP contribution in [0.25, 0.3) is 0 Å². The van der Waals surface area contributed by atoms with Crippen LogP contribution in [0.5, 0.6) is 0 Å². The molecule has 0 spiro atoms. The predicted octanol–water partition coefficient (Wildman–Crippen LogP) is 1.10. The van der Waals surface area contributed by atoms with Gasteiger partial charge in [-0.1, -0.05) is 19.9 Å². The van der Waals surface area contributed by atoms with Crippen molar-refractivity contribution < 1.29 is 9.90 Å². The molecule has 2 atom stereocenters. The van der Waals surface area contributed by atoms with Gasteiger partial charge in [0, 0.05) is 12.5 Å². The maximum atomic E-state index is 12.0. The van der Waals surface area contributed by atoms with Crippen LogP contribution < -0.4 is 16.2 Å². The molecule has 0 aliphatic carbocycles. The first-order chi connectivity index (χ1) is 8.86. The molecular weight excluding hydrogens is 262 g/mol. The lowest BCUT2D eigenvalue weighted by molar-refractivity contribution is -0.127. The van der Waals surface area contributed by atoms with Crippen LogP contribution >= 0.6 is 12.2 Å². The van der Waals surface area contributed by atoms with Crippen LogP contribution in [-0.4, -0.2) is 28.8 Å². The van der Waals surface area contributed by atoms with Crippen molar-refractivity contribution in [1.29, 1.82) is 0 Å². The Morgan fingerprint density at radius 3 is 2.42 bits per heavy atom. The molecule has 0 unspecified atom stereocenters. The van der Waals surface area contributed by atoms with Crippen molar-refractivity contribution in [3.05, 3.63) is 12.7 Å². The highest BCUT2D eigenvalue weighted by molar-refractivity contribution is 7.80. The smallest absolute Gasteiger partial charge is 0.241 e. The molecule has 4 N–H and O–H groups in total. The van der Waals surface area contributed by atoms with Crippen molar-refractivity contribution in [2.45, 2.75) is 39.7 Å². The van der Waals surface area contributed by atoms with Crippen molar-refractivity contribution in [3.8, 4) is 0 Å². The van der Waals surface area contributed by atoms with Crippen molar-refractivity contribution in [3.63, 3.8) is 0 Å². The van der Waals surface area contributed by atoms with Gasteiger partial charge in [0.1, 0.15) is 0 Å². The predicted molar refractivity (Wildman–Crippen MR) is 81.3 cm³/mol. The summed E-state index contributed by atoms with van der Waals surface area (Å²) in [7, 11) is 0. The van der Waals surface area contributed by atoms with E-state index < -0.39 is 6.10 Å². The molecule has 110 valence electrons. The quantitative estimate of drug-likeness (QED) is 0.321. The first kappa shape index (κ1) is 17.9. The molecule has 0 saturated heterocycles. The van der Waals surface area contributed by atoms with Crippen molar-refractivity contribution >= 4 is 23.2 Å². The highest BCUT2D eigenvalue weighted by atomic mass is 32.1. The molecular formula is C13H25N3O2S. The average molecular weight is 287 g/mol. The molecule has 0 aromatic heterocycles. The van der Waals surface area contributed by atoms with Crippen LogP contribution in [0, 0.1) is 11.8 Å². The van der Waals surface area contributed by atoms with Crippen LogP contribution in [0.3, 0.4) is 0 Å². The number of carbonyl (C=O) groups excluding carboxylic acids is 1. The number of aliphatic hydroxyl groups excluding tert-OH is 1. The van der Waals surface area contributed by atoms with E-state index >= 15 is 0 Å². The Balaban J connectivity index is 4.23. The monoisotopic (exact) mass is 287 g/mol. The minimum Gasteiger partial charge on any atom is -0.393 e. The fourth-order valence-electron chi connectivity index (χ4n) is 1.72. The normalized spacial score (nSPS) is 13.5. The zero-order chi connectivity index (χ0) is 14.8. The molecule has 0 aromatic rings. The number of carbonyl (C=O) groups is 1. The van der Waals surface area contributed by atoms with E-state index in [0.717, 1.165) is 6.42 Å². The summed E-state index contributed by atoms with van der Waals surface area (Å²) >= 11 is 4.97. The number of rotatable bonds is 7. The molecule has 5 nitrogen and oxygen atoms in total. The Bertz CT molecular complexity index is 296. The molecule has 0 fully saturated rings. The highest BCUT2D eigenvalue weighted by Gasteiger charge is 2.21. The molecule has 0 saturated carbocycles. The Morgan fingerprint density at radius 2 is 1.95 bits per heavy atom. The van der Waals surface area contributed by atoms with Gasteiger partial charge in [-0.05, 0) is 37.9 Å². The van der Waals surface area contributed by atoms with Gasteiger partial charge in [-0.25, -0.2) is 0 Å². The molecule has 0 aromatic carbocycles. The van der Waals surface area contributed by atoms with E-state index in [1.807, 2.05) is 13.8 Å². The van der Waals surface area contributed by atoms with Crippen LogP contribution in [-0.2, 0) is 4.79 Å². The fourth-order valence-corrected chi connectivity index (χ4v) is 1.85. The molecule has 0 bridgehead atoms. The van der Waals surface area contributed by atoms with E-state index in [2.05, 4.69) is 22.7 Å². The van der Waals surface area contributed by atoms with Gasteiger partial charge in [0.05, 0.1) is 6.10 Å². The number of amides is 1. The van der Waals surface area contributed by atoms with E-state index in [9.17, 15) is 9.90 Å². The maximum absolute atomic E-state index is 12.0. The summed E-state index contributed by atoms with van der Waals surface area (Å²) < 4.78 is 0. The molecule has 0 radical (unpaired) electrons. The molecule has 0 heterocycles. The van der Waals surface area contributed by atoms with Gasteiger partial charge in [-0.3, -0.25) is 15.6 Å². The summed E-state index contributed by atoms with van der Waals surface area (Å²) in [5.74, 6) is 0.00685. The highest BCUT2D eigenvalue weighted by Crippen LogP contribution is 2.17. The van der Waals surface area contributed by atoms with Gasteiger partial charge in [0.25, 0.3) is 0 Å². The van der Waals surface area contributed by atoms with Crippen molar-refractivity contribution in [1.82, 2.24) is 16.2 Å². The Kier molecular flexibility index (Phi) is 9.16. The van der Waals surface area contributed by atoms with Gasteiger partial charge in [0.15, 0.2) is 5.11 Å². The average Bonchev–Trinajstić information content (AvgIpc) is 2.31. The maximum Gasteiger partial charge on any atom is 0.241 e. The van der Waals surface area contributed by atoms with Crippen LogP contribution in [0.2, 0.25) is 0 Å². The fraction of sp³-hybridized carbons (Fsp3) is 0.692. The first-order valence-electron chi connectivity index (χ1n) is 6.49. The molecule has 6 heteroatoms. The number of hydrogen-bond acceptors (Lipinski definition) is 3. The third-order valence-corrected chi connectivity index (χ3v) is 2.70. The first-order valence-corrected chi connectivity index (χ1v) is 6.90. The van der Waals surface area contributed by atoms with Crippen LogP contribution in [0.1, 0.15) is 33.6 Å². The SMILES string of the molecule is C=CCNC(=S)NNC(=O)[C@@H](CC(C)C)C[C@@H](C)O. The van der Waals surface area contributed by atoms with Gasteiger partial charge < -0.3 is 10.4 Å². The van der Waals surface area contributed by atoms with E-state index in [1.165, 1.54) is 0 Å². The molecule has 0 rings (SSSR count). The second kappa shape index (κ2) is 9.75. The van der Waals surface area contributed by atoms with Gasteiger partial charge in [-0.15, -0.1) is 6.58 Å². The van der Waals surface area contributed by atoms with E-state index in [1.54, 1.807) is 13.0 Å². The standard InChI is InChI=1S/C13H25N3O2S/c1-5-6-14-13(19)16-15-12(18)11(7-9(2)3)8-10(4)17/h5,9-11,17H,1,6-8H2,2-4H3,(H,15,18)(H2,14,16,19)/t10-,11+/m1/s1. The topological polar surface area (TPSA) is 73.4 Å². The molecule has 0 aliphatic rings. The summed E-state index contributed by atoms with van der Waals surface area (Å²) in [6.45, 7) is 9.87. The third-order valence-electron chi connectivity index (χ3n) is 2.46. The van der Waals surface area contributed by atoms with Crippen molar-refractivity contribution in [2.75, 3.05) is 6.54 Å². The number of hydrazine groups is 1. The van der Waals surface area contributed by atoms with E-state index in [0.29, 0.717) is 24.0 Å². The van der Waals surface area contributed by atoms with Crippen LogP contribution in [0.4, 0.5) is 0 Å². The van der Waals surface area contributed by atoms with Crippen molar-refractivity contribution in [2.24, 2.45) is 11.8 Å². The summed E-state index contributed by atoms with van der Waals surface area (Å²) in [4.78, 5) is 12.0. The summed E-state index contributed by atoms with van der Waals surface area (Å²) in [5.41, 5.74) is 5.20. The Labute approximate surface area is 120 Å². The number of nitrogens with one attached hydrogen (secondary N) is 3. The minimum atomic E-state index is -0.500. The second-order valence-corrected chi connectivity index (χ2v) is 5.43. The minimum absolute atomic E-state index is 0.155. The van der Waals surface area contributed by atoms with E-state index in [-0.39, 0.29) is 11.8 Å². The second-order valence-electron chi connectivity index (χ2n) is 5.02. The van der Waals surface area contributed by atoms with Gasteiger partial charge in [0.2, 0.25) is 5.91 Å². The number of aliphatic hydroxyl groups is 1. The lowest BCUT2D eigenvalue weighted by atomic mass is 9.91. The Hall–Kier alpha value is -1.14. The summed E-state index contributed by atoms with van der Waals surface area (Å²) in [6, 6.07) is 0. The lowest BCUT2D eigenvalue weighted by Crippen LogP contribution is -2.49. The van der Waals surface area contributed by atoms with Crippen LogP contribution in [0.15, 0.2) is 12.7 Å². The van der Waals surface area contributed by atoms with Gasteiger partial charge >= 0.3 is 0 Å². The Morgan fingerprint density at radius 1 is 1.32 bits per heavy atom. The summed E-state index contributed by atoms with van der Waals surface area (Å²) in [5, 5.41) is 12.6. The molecule has 0 aliphatic heterocycles. The van der Waals surface area contributed by atoms with Gasteiger partial charge in [-0.2, -0.15) is 0 Å². The zero-order valence-corrected chi connectivity index (χ0v) is 12.7. The zero-order valence-electron chi connectivity index (χ0n) is 11.9.